The van der Waals surface area contributed by atoms with E-state index < -0.39 is 11.6 Å². The zero-order valence-electron chi connectivity index (χ0n) is 17.2. The summed E-state index contributed by atoms with van der Waals surface area (Å²) in [5, 5.41) is 28.8. The van der Waals surface area contributed by atoms with Crippen LogP contribution in [0.2, 0.25) is 0 Å². The molecular formula is C22H31N2O4. The van der Waals surface area contributed by atoms with Crippen molar-refractivity contribution in [3.8, 4) is 5.75 Å². The lowest BCUT2D eigenvalue weighted by Crippen LogP contribution is -2.48. The summed E-state index contributed by atoms with van der Waals surface area (Å²) in [6, 6.07) is 5.95. The Bertz CT molecular complexity index is 844. The summed E-state index contributed by atoms with van der Waals surface area (Å²) < 4.78 is 11.6. The quantitative estimate of drug-likeness (QED) is 0.823. The van der Waals surface area contributed by atoms with Crippen LogP contribution in [-0.4, -0.2) is 46.5 Å². The van der Waals surface area contributed by atoms with Gasteiger partial charge in [0.05, 0.1) is 6.26 Å². The van der Waals surface area contributed by atoms with Crippen molar-refractivity contribution in [1.82, 2.24) is 10.4 Å². The van der Waals surface area contributed by atoms with Gasteiger partial charge in [0.2, 0.25) is 0 Å². The summed E-state index contributed by atoms with van der Waals surface area (Å²) in [6.07, 6.45) is 3.35. The van der Waals surface area contributed by atoms with Crippen molar-refractivity contribution in [2.75, 3.05) is 13.1 Å². The van der Waals surface area contributed by atoms with Crippen molar-refractivity contribution in [3.05, 3.63) is 30.0 Å². The van der Waals surface area contributed by atoms with Gasteiger partial charge >= 0.3 is 0 Å². The van der Waals surface area contributed by atoms with Crippen molar-refractivity contribution in [3.63, 3.8) is 0 Å². The molecule has 1 aromatic heterocycles. The maximum atomic E-state index is 12.5. The summed E-state index contributed by atoms with van der Waals surface area (Å²) >= 11 is 0. The van der Waals surface area contributed by atoms with Crippen molar-refractivity contribution >= 4 is 11.0 Å². The smallest absolute Gasteiger partial charge is 0.134 e. The van der Waals surface area contributed by atoms with Crippen LogP contribution >= 0.6 is 0 Å². The molecule has 0 aliphatic carbocycles. The van der Waals surface area contributed by atoms with Crippen molar-refractivity contribution < 1.29 is 19.5 Å². The molecule has 6 heteroatoms. The van der Waals surface area contributed by atoms with E-state index in [0.717, 1.165) is 41.5 Å². The average molecular weight is 388 g/mol. The van der Waals surface area contributed by atoms with Gasteiger partial charge in [-0.05, 0) is 83.2 Å². The summed E-state index contributed by atoms with van der Waals surface area (Å²) in [4.78, 5) is 0. The number of aliphatic hydroxyl groups excluding tert-OH is 1. The third kappa shape index (κ3) is 3.43. The van der Waals surface area contributed by atoms with Gasteiger partial charge in [-0.1, -0.05) is 0 Å². The Kier molecular flexibility index (Phi) is 4.94. The second-order valence-corrected chi connectivity index (χ2v) is 9.50. The lowest BCUT2D eigenvalue weighted by molar-refractivity contribution is -0.248. The van der Waals surface area contributed by atoms with E-state index >= 15 is 0 Å². The molecule has 1 radical (unpaired) electrons. The number of hydroxylamine groups is 2. The summed E-state index contributed by atoms with van der Waals surface area (Å²) in [7, 11) is 0. The lowest BCUT2D eigenvalue weighted by Gasteiger charge is -2.34. The van der Waals surface area contributed by atoms with E-state index in [-0.39, 0.29) is 17.6 Å². The maximum absolute atomic E-state index is 12.5. The molecule has 153 valence electrons. The van der Waals surface area contributed by atoms with Crippen LogP contribution in [0.5, 0.6) is 5.75 Å². The molecule has 0 amide bonds. The summed E-state index contributed by atoms with van der Waals surface area (Å²) in [6.45, 7) is 9.19. The third-order valence-electron chi connectivity index (χ3n) is 6.60. The Morgan fingerprint density at radius 1 is 1.32 bits per heavy atom. The first-order valence-electron chi connectivity index (χ1n) is 10.2. The zero-order valence-corrected chi connectivity index (χ0v) is 17.2. The molecular weight excluding hydrogens is 356 g/mol. The number of hydrogen-bond donors (Lipinski definition) is 2. The first-order chi connectivity index (χ1) is 13.2. The second-order valence-electron chi connectivity index (χ2n) is 9.50. The number of fused-ring (bicyclic) bond motifs is 2. The fourth-order valence-electron chi connectivity index (χ4n) is 4.87. The number of nitrogens with zero attached hydrogens (tertiary/aromatic N) is 1. The highest BCUT2D eigenvalue weighted by Crippen LogP contribution is 2.43. The molecule has 28 heavy (non-hydrogen) atoms. The Labute approximate surface area is 166 Å². The van der Waals surface area contributed by atoms with Crippen LogP contribution < -0.4 is 10.1 Å². The zero-order chi connectivity index (χ0) is 20.1. The van der Waals surface area contributed by atoms with Crippen LogP contribution in [0, 0.1) is 5.92 Å². The lowest BCUT2D eigenvalue weighted by atomic mass is 9.87. The van der Waals surface area contributed by atoms with Crippen molar-refractivity contribution in [1.29, 1.82) is 0 Å². The Balaban J connectivity index is 1.33. The minimum atomic E-state index is -0.589. The molecule has 0 saturated carbocycles. The summed E-state index contributed by atoms with van der Waals surface area (Å²) in [5.41, 5.74) is 1.25. The minimum absolute atomic E-state index is 0.228. The highest BCUT2D eigenvalue weighted by Gasteiger charge is 2.51. The molecule has 4 rings (SSSR count). The van der Waals surface area contributed by atoms with Gasteiger partial charge in [-0.15, -0.1) is 10.3 Å². The number of ether oxygens (including phenoxy) is 1. The number of furan rings is 1. The molecule has 3 unspecified atom stereocenters. The van der Waals surface area contributed by atoms with E-state index in [1.54, 1.807) is 6.26 Å². The molecule has 2 aliphatic heterocycles. The average Bonchev–Trinajstić information content (AvgIpc) is 3.16. The van der Waals surface area contributed by atoms with Gasteiger partial charge in [0.25, 0.3) is 0 Å². The number of aliphatic hydroxyl groups is 1. The first kappa shape index (κ1) is 19.7. The standard InChI is InChI=1S/C22H31N2O4/c1-21(2)11-16(22(3,4)24(21)26)12-23-13-17(25)18-6-5-14-9-19-15(7-8-27-19)10-20(14)28-18/h7-10,16-18,23,25H,5-6,11-13H2,1-4H3. The number of rotatable bonds is 5. The van der Waals surface area contributed by atoms with Gasteiger partial charge in [0.1, 0.15) is 23.5 Å². The molecule has 6 nitrogen and oxygen atoms in total. The fourth-order valence-corrected chi connectivity index (χ4v) is 4.87. The molecule has 1 fully saturated rings. The van der Waals surface area contributed by atoms with Gasteiger partial charge in [0, 0.05) is 23.0 Å². The molecule has 1 aromatic carbocycles. The van der Waals surface area contributed by atoms with Gasteiger partial charge < -0.3 is 19.6 Å². The molecule has 0 spiro atoms. The van der Waals surface area contributed by atoms with Crippen LogP contribution in [0.4, 0.5) is 0 Å². The number of aryl methyl sites for hydroxylation is 1. The molecule has 3 heterocycles. The van der Waals surface area contributed by atoms with Gasteiger partial charge in [-0.3, -0.25) is 0 Å². The molecule has 3 atom stereocenters. The normalized spacial score (nSPS) is 27.5. The molecule has 1 saturated heterocycles. The van der Waals surface area contributed by atoms with Crippen LogP contribution in [-0.2, 0) is 11.6 Å². The first-order valence-corrected chi connectivity index (χ1v) is 10.2. The predicted molar refractivity (Wildman–Crippen MR) is 107 cm³/mol. The van der Waals surface area contributed by atoms with Crippen LogP contribution in [0.25, 0.3) is 11.0 Å². The van der Waals surface area contributed by atoms with E-state index in [9.17, 15) is 10.3 Å². The SMILES string of the molecule is CC1(C)CC(CNCC(O)C2CCc3cc4occc4cc3O2)C(C)(C)N1[O]. The number of hydrogen-bond acceptors (Lipinski definition) is 5. The highest BCUT2D eigenvalue weighted by atomic mass is 16.5. The van der Waals surface area contributed by atoms with Gasteiger partial charge in [-0.25, -0.2) is 0 Å². The van der Waals surface area contributed by atoms with Crippen LogP contribution in [0.1, 0.15) is 46.1 Å². The second kappa shape index (κ2) is 7.02. The summed E-state index contributed by atoms with van der Waals surface area (Å²) in [5.74, 6) is 1.08. The third-order valence-corrected chi connectivity index (χ3v) is 6.60. The van der Waals surface area contributed by atoms with Crippen molar-refractivity contribution in [2.24, 2.45) is 5.92 Å². The van der Waals surface area contributed by atoms with E-state index in [1.165, 1.54) is 5.06 Å². The maximum Gasteiger partial charge on any atom is 0.134 e. The van der Waals surface area contributed by atoms with E-state index in [4.69, 9.17) is 9.15 Å². The van der Waals surface area contributed by atoms with E-state index in [0.29, 0.717) is 13.1 Å². The largest absolute Gasteiger partial charge is 0.487 e. The molecule has 2 aliphatic rings. The minimum Gasteiger partial charge on any atom is -0.487 e. The van der Waals surface area contributed by atoms with Gasteiger partial charge in [-0.2, -0.15) is 0 Å². The Morgan fingerprint density at radius 3 is 2.82 bits per heavy atom. The molecule has 0 bridgehead atoms. The molecule has 2 aromatic rings. The Morgan fingerprint density at radius 2 is 2.11 bits per heavy atom. The van der Waals surface area contributed by atoms with Crippen LogP contribution in [0.3, 0.4) is 0 Å². The highest BCUT2D eigenvalue weighted by molar-refractivity contribution is 5.80. The monoisotopic (exact) mass is 387 g/mol. The van der Waals surface area contributed by atoms with Crippen LogP contribution in [0.15, 0.2) is 28.9 Å². The number of nitrogens with one attached hydrogen (secondary N) is 1. The van der Waals surface area contributed by atoms with Crippen molar-refractivity contribution in [2.45, 2.75) is 70.2 Å². The Hall–Kier alpha value is -1.60. The van der Waals surface area contributed by atoms with E-state index in [2.05, 4.69) is 5.32 Å². The number of benzene rings is 1. The fraction of sp³-hybridized carbons (Fsp3) is 0.636. The molecule has 2 N–H and O–H groups in total. The topological polar surface area (TPSA) is 77.8 Å². The van der Waals surface area contributed by atoms with Gasteiger partial charge in [0.15, 0.2) is 0 Å². The predicted octanol–water partition coefficient (Wildman–Crippen LogP) is 3.30. The van der Waals surface area contributed by atoms with E-state index in [1.807, 2.05) is 45.9 Å².